The van der Waals surface area contributed by atoms with E-state index in [0.29, 0.717) is 17.9 Å². The number of anilines is 1. The molecule has 1 amide bonds. The Morgan fingerprint density at radius 1 is 1.39 bits per heavy atom. The molecule has 1 saturated heterocycles. The molecule has 5 heteroatoms. The Bertz CT molecular complexity index is 694. The van der Waals surface area contributed by atoms with Crippen LogP contribution in [-0.2, 0) is 4.79 Å². The zero-order chi connectivity index (χ0) is 16.4. The molecule has 1 fully saturated rings. The van der Waals surface area contributed by atoms with Crippen molar-refractivity contribution in [1.82, 2.24) is 14.7 Å². The third-order valence-corrected chi connectivity index (χ3v) is 4.55. The van der Waals surface area contributed by atoms with Crippen LogP contribution in [0.2, 0.25) is 0 Å². The lowest BCUT2D eigenvalue weighted by Crippen LogP contribution is -2.25. The van der Waals surface area contributed by atoms with Crippen LogP contribution in [0.25, 0.3) is 0 Å². The van der Waals surface area contributed by atoms with E-state index < -0.39 is 0 Å². The number of amides is 1. The van der Waals surface area contributed by atoms with Gasteiger partial charge < -0.3 is 5.32 Å². The summed E-state index contributed by atoms with van der Waals surface area (Å²) in [5.74, 6) is 0.541. The summed E-state index contributed by atoms with van der Waals surface area (Å²) in [6, 6.07) is 11.4. The summed E-state index contributed by atoms with van der Waals surface area (Å²) in [7, 11) is 0. The molecule has 3 rings (SSSR count). The maximum absolute atomic E-state index is 11.1. The molecule has 23 heavy (non-hydrogen) atoms. The van der Waals surface area contributed by atoms with Crippen molar-refractivity contribution in [2.45, 2.75) is 39.3 Å². The number of hydrogen-bond donors (Lipinski definition) is 1. The molecule has 122 valence electrons. The Labute approximate surface area is 137 Å². The first kappa shape index (κ1) is 15.7. The molecule has 1 aromatic carbocycles. The van der Waals surface area contributed by atoms with Gasteiger partial charge in [-0.3, -0.25) is 14.4 Å². The van der Waals surface area contributed by atoms with Crippen LogP contribution in [-0.4, -0.2) is 33.7 Å². The second-order valence-corrected chi connectivity index (χ2v) is 6.39. The highest BCUT2D eigenvalue weighted by Gasteiger charge is 2.28. The van der Waals surface area contributed by atoms with Gasteiger partial charge in [0.25, 0.3) is 0 Å². The average molecular weight is 312 g/mol. The summed E-state index contributed by atoms with van der Waals surface area (Å²) in [6.07, 6.45) is 3.04. The SMILES string of the molecule is CC(=O)Nc1ccn([C@H]2CCN([C@@H](C)c3cccc(C)c3)C2)n1. The summed E-state index contributed by atoms with van der Waals surface area (Å²) in [4.78, 5) is 13.6. The minimum Gasteiger partial charge on any atom is -0.309 e. The van der Waals surface area contributed by atoms with Crippen LogP contribution in [0.15, 0.2) is 36.5 Å². The van der Waals surface area contributed by atoms with Crippen molar-refractivity contribution >= 4 is 11.7 Å². The molecule has 2 atom stereocenters. The molecule has 1 aliphatic rings. The van der Waals surface area contributed by atoms with Crippen LogP contribution in [0.5, 0.6) is 0 Å². The number of benzene rings is 1. The van der Waals surface area contributed by atoms with Gasteiger partial charge in [-0.15, -0.1) is 0 Å². The van der Waals surface area contributed by atoms with Crippen molar-refractivity contribution < 1.29 is 4.79 Å². The standard InChI is InChI=1S/C18H24N4O/c1-13-5-4-6-16(11-13)14(2)21-9-7-17(12-21)22-10-8-18(20-22)19-15(3)23/h4-6,8,10-11,14,17H,7,9,12H2,1-3H3,(H,19,20,23)/t14-,17-/m0/s1. The number of nitrogens with zero attached hydrogens (tertiary/aromatic N) is 3. The van der Waals surface area contributed by atoms with Crippen molar-refractivity contribution in [3.8, 4) is 0 Å². The third kappa shape index (κ3) is 3.62. The molecule has 5 nitrogen and oxygen atoms in total. The summed E-state index contributed by atoms with van der Waals surface area (Å²) < 4.78 is 1.98. The molecular formula is C18H24N4O. The second-order valence-electron chi connectivity index (χ2n) is 6.39. The first-order valence-electron chi connectivity index (χ1n) is 8.16. The lowest BCUT2D eigenvalue weighted by molar-refractivity contribution is -0.114. The Morgan fingerprint density at radius 3 is 2.96 bits per heavy atom. The fourth-order valence-electron chi connectivity index (χ4n) is 3.27. The van der Waals surface area contributed by atoms with E-state index in [-0.39, 0.29) is 5.91 Å². The number of nitrogens with one attached hydrogen (secondary N) is 1. The molecule has 0 aliphatic carbocycles. The number of carbonyl (C=O) groups excluding carboxylic acids is 1. The van der Waals surface area contributed by atoms with E-state index >= 15 is 0 Å². The quantitative estimate of drug-likeness (QED) is 0.943. The highest BCUT2D eigenvalue weighted by molar-refractivity contribution is 5.87. The summed E-state index contributed by atoms with van der Waals surface area (Å²) in [5, 5.41) is 7.20. The van der Waals surface area contributed by atoms with Gasteiger partial charge in [-0.2, -0.15) is 5.10 Å². The van der Waals surface area contributed by atoms with E-state index in [4.69, 9.17) is 0 Å². The van der Waals surface area contributed by atoms with E-state index in [1.807, 2.05) is 16.9 Å². The minimum absolute atomic E-state index is 0.0867. The van der Waals surface area contributed by atoms with Gasteiger partial charge in [-0.1, -0.05) is 29.8 Å². The van der Waals surface area contributed by atoms with Gasteiger partial charge in [0, 0.05) is 38.3 Å². The molecule has 0 saturated carbocycles. The second kappa shape index (κ2) is 6.54. The fraction of sp³-hybridized carbons (Fsp3) is 0.444. The maximum atomic E-state index is 11.1. The highest BCUT2D eigenvalue weighted by Crippen LogP contribution is 2.30. The summed E-state index contributed by atoms with van der Waals surface area (Å²) in [6.45, 7) is 7.95. The molecule has 0 radical (unpaired) electrons. The Kier molecular flexibility index (Phi) is 4.48. The van der Waals surface area contributed by atoms with Gasteiger partial charge in [-0.25, -0.2) is 0 Å². The first-order valence-corrected chi connectivity index (χ1v) is 8.16. The van der Waals surface area contributed by atoms with Crippen LogP contribution in [0, 0.1) is 6.92 Å². The third-order valence-electron chi connectivity index (χ3n) is 4.55. The summed E-state index contributed by atoms with van der Waals surface area (Å²) >= 11 is 0. The normalized spacial score (nSPS) is 19.7. The average Bonchev–Trinajstić information content (AvgIpc) is 3.14. The van der Waals surface area contributed by atoms with Crippen molar-refractivity contribution in [3.05, 3.63) is 47.7 Å². The van der Waals surface area contributed by atoms with Crippen LogP contribution >= 0.6 is 0 Å². The zero-order valence-corrected chi connectivity index (χ0v) is 14.0. The van der Waals surface area contributed by atoms with Crippen molar-refractivity contribution in [2.24, 2.45) is 0 Å². The molecule has 0 bridgehead atoms. The smallest absolute Gasteiger partial charge is 0.222 e. The lowest BCUT2D eigenvalue weighted by atomic mass is 10.0. The maximum Gasteiger partial charge on any atom is 0.222 e. The predicted molar refractivity (Wildman–Crippen MR) is 91.4 cm³/mol. The predicted octanol–water partition coefficient (Wildman–Crippen LogP) is 3.16. The topological polar surface area (TPSA) is 50.2 Å². The molecule has 1 aromatic heterocycles. The van der Waals surface area contributed by atoms with E-state index in [0.717, 1.165) is 19.5 Å². The van der Waals surface area contributed by atoms with Crippen molar-refractivity contribution in [3.63, 3.8) is 0 Å². The van der Waals surface area contributed by atoms with Gasteiger partial charge >= 0.3 is 0 Å². The van der Waals surface area contributed by atoms with Gasteiger partial charge in [0.15, 0.2) is 5.82 Å². The highest BCUT2D eigenvalue weighted by atomic mass is 16.1. The van der Waals surface area contributed by atoms with E-state index in [1.165, 1.54) is 18.1 Å². The molecule has 0 unspecified atom stereocenters. The molecular weight excluding hydrogens is 288 g/mol. The Morgan fingerprint density at radius 2 is 2.22 bits per heavy atom. The molecule has 2 heterocycles. The van der Waals surface area contributed by atoms with E-state index in [2.05, 4.69) is 53.4 Å². The number of carbonyl (C=O) groups is 1. The van der Waals surface area contributed by atoms with Gasteiger partial charge in [0.2, 0.25) is 5.91 Å². The van der Waals surface area contributed by atoms with Gasteiger partial charge in [0.05, 0.1) is 6.04 Å². The van der Waals surface area contributed by atoms with Crippen molar-refractivity contribution in [1.29, 1.82) is 0 Å². The minimum atomic E-state index is -0.0867. The zero-order valence-electron chi connectivity index (χ0n) is 14.0. The molecule has 1 aliphatic heterocycles. The van der Waals surface area contributed by atoms with Crippen molar-refractivity contribution in [2.75, 3.05) is 18.4 Å². The van der Waals surface area contributed by atoms with Crippen LogP contribution in [0.3, 0.4) is 0 Å². The van der Waals surface area contributed by atoms with Crippen LogP contribution in [0.4, 0.5) is 5.82 Å². The lowest BCUT2D eigenvalue weighted by Gasteiger charge is -2.25. The van der Waals surface area contributed by atoms with Crippen LogP contribution < -0.4 is 5.32 Å². The van der Waals surface area contributed by atoms with E-state index in [1.54, 1.807) is 0 Å². The summed E-state index contributed by atoms with van der Waals surface area (Å²) in [5.41, 5.74) is 2.67. The number of aryl methyl sites for hydroxylation is 1. The number of aromatic nitrogens is 2. The van der Waals surface area contributed by atoms with E-state index in [9.17, 15) is 4.79 Å². The Balaban J connectivity index is 1.66. The molecule has 0 spiro atoms. The van der Waals surface area contributed by atoms with Gasteiger partial charge in [-0.05, 0) is 25.8 Å². The first-order chi connectivity index (χ1) is 11.0. The monoisotopic (exact) mass is 312 g/mol. The van der Waals surface area contributed by atoms with Gasteiger partial charge in [0.1, 0.15) is 0 Å². The number of rotatable bonds is 4. The molecule has 2 aromatic rings. The fourth-order valence-corrected chi connectivity index (χ4v) is 3.27. The van der Waals surface area contributed by atoms with Crippen LogP contribution in [0.1, 0.15) is 43.5 Å². The number of hydrogen-bond acceptors (Lipinski definition) is 3. The largest absolute Gasteiger partial charge is 0.309 e. The number of likely N-dealkylation sites (tertiary alicyclic amines) is 1. The molecule has 1 N–H and O–H groups in total. The Hall–Kier alpha value is -2.14.